The fourth-order valence-electron chi connectivity index (χ4n) is 2.04. The first-order valence-corrected chi connectivity index (χ1v) is 6.27. The Morgan fingerprint density at radius 2 is 2.28 bits per heavy atom. The summed E-state index contributed by atoms with van der Waals surface area (Å²) >= 11 is 6.02. The number of guanidine groups is 1. The van der Waals surface area contributed by atoms with Gasteiger partial charge in [-0.1, -0.05) is 11.6 Å². The fraction of sp³-hybridized carbons (Fsp3) is 0.636. The van der Waals surface area contributed by atoms with Crippen LogP contribution in [0.5, 0.6) is 0 Å². The molecule has 100 valence electrons. The number of likely N-dealkylation sites (N-methyl/N-ethyl adjacent to an activating group) is 1. The second-order valence-electron chi connectivity index (χ2n) is 4.71. The number of hydrogen-bond donors (Lipinski definition) is 1. The van der Waals surface area contributed by atoms with E-state index >= 15 is 0 Å². The summed E-state index contributed by atoms with van der Waals surface area (Å²) in [6, 6.07) is 0.0856. The van der Waals surface area contributed by atoms with Crippen molar-refractivity contribution in [2.24, 2.45) is 17.8 Å². The Morgan fingerprint density at radius 1 is 1.56 bits per heavy atom. The number of aromatic nitrogens is 2. The summed E-state index contributed by atoms with van der Waals surface area (Å²) in [5, 5.41) is 0.628. The molecule has 1 atom stereocenters. The molecular weight excluding hydrogens is 252 g/mol. The second-order valence-corrected chi connectivity index (χ2v) is 5.10. The van der Waals surface area contributed by atoms with E-state index in [0.29, 0.717) is 17.7 Å². The molecule has 7 heteroatoms. The number of rotatable bonds is 4. The Kier molecular flexibility index (Phi) is 3.77. The first-order valence-electron chi connectivity index (χ1n) is 5.89. The molecule has 2 heterocycles. The number of imidazole rings is 1. The first-order chi connectivity index (χ1) is 8.50. The van der Waals surface area contributed by atoms with E-state index in [2.05, 4.69) is 19.8 Å². The summed E-state index contributed by atoms with van der Waals surface area (Å²) in [6.07, 6.45) is 1.66. The number of aliphatic imine (C=N–C) groups is 1. The van der Waals surface area contributed by atoms with Crippen LogP contribution < -0.4 is 5.73 Å². The molecule has 18 heavy (non-hydrogen) atoms. The van der Waals surface area contributed by atoms with Crippen LogP contribution in [0, 0.1) is 0 Å². The van der Waals surface area contributed by atoms with Crippen molar-refractivity contribution in [3.8, 4) is 0 Å². The molecule has 0 aliphatic carbocycles. The van der Waals surface area contributed by atoms with Gasteiger partial charge < -0.3 is 20.1 Å². The maximum absolute atomic E-state index is 6.02. The predicted octanol–water partition coefficient (Wildman–Crippen LogP) is 0.307. The van der Waals surface area contributed by atoms with Crippen molar-refractivity contribution in [2.45, 2.75) is 6.04 Å². The molecule has 0 radical (unpaired) electrons. The van der Waals surface area contributed by atoms with E-state index in [4.69, 9.17) is 17.3 Å². The molecule has 1 aliphatic rings. The van der Waals surface area contributed by atoms with Crippen LogP contribution in [0.4, 0.5) is 0 Å². The summed E-state index contributed by atoms with van der Waals surface area (Å²) in [7, 11) is 5.98. The van der Waals surface area contributed by atoms with Gasteiger partial charge in [0.2, 0.25) is 0 Å². The fourth-order valence-corrected chi connectivity index (χ4v) is 2.18. The highest BCUT2D eigenvalue weighted by atomic mass is 35.5. The van der Waals surface area contributed by atoms with Gasteiger partial charge in [-0.15, -0.1) is 0 Å². The molecule has 1 aliphatic heterocycles. The molecule has 1 unspecified atom stereocenters. The quantitative estimate of drug-likeness (QED) is 0.855. The van der Waals surface area contributed by atoms with Crippen molar-refractivity contribution < 1.29 is 0 Å². The highest BCUT2D eigenvalue weighted by Gasteiger charge is 2.30. The van der Waals surface area contributed by atoms with Gasteiger partial charge in [-0.25, -0.2) is 4.98 Å². The molecule has 0 fully saturated rings. The third-order valence-electron chi connectivity index (χ3n) is 3.15. The predicted molar refractivity (Wildman–Crippen MR) is 72.7 cm³/mol. The molecule has 0 amide bonds. The lowest BCUT2D eigenvalue weighted by molar-refractivity contribution is 0.283. The van der Waals surface area contributed by atoms with Crippen molar-refractivity contribution in [1.82, 2.24) is 19.4 Å². The Bertz CT molecular complexity index is 452. The normalized spacial score (nSPS) is 19.7. The molecule has 0 saturated carbocycles. The number of nitrogens with two attached hydrogens (primary N) is 1. The smallest absolute Gasteiger partial charge is 0.192 e. The average Bonchev–Trinajstić information content (AvgIpc) is 2.82. The summed E-state index contributed by atoms with van der Waals surface area (Å²) in [5.74, 6) is 1.49. The lowest BCUT2D eigenvalue weighted by Gasteiger charge is -2.27. The zero-order valence-electron chi connectivity index (χ0n) is 11.0. The van der Waals surface area contributed by atoms with Gasteiger partial charge in [-0.3, -0.25) is 4.99 Å². The van der Waals surface area contributed by atoms with Crippen LogP contribution in [-0.4, -0.2) is 59.0 Å². The van der Waals surface area contributed by atoms with Gasteiger partial charge in [0.1, 0.15) is 17.0 Å². The van der Waals surface area contributed by atoms with E-state index in [1.54, 1.807) is 6.20 Å². The third-order valence-corrected chi connectivity index (χ3v) is 3.50. The van der Waals surface area contributed by atoms with E-state index < -0.39 is 0 Å². The van der Waals surface area contributed by atoms with Gasteiger partial charge in [0, 0.05) is 20.1 Å². The van der Waals surface area contributed by atoms with E-state index in [-0.39, 0.29) is 6.04 Å². The second kappa shape index (κ2) is 5.16. The largest absolute Gasteiger partial charge is 0.370 e. The van der Waals surface area contributed by atoms with Crippen LogP contribution in [0.25, 0.3) is 0 Å². The molecule has 2 rings (SSSR count). The molecule has 1 aromatic heterocycles. The minimum absolute atomic E-state index is 0.0856. The minimum atomic E-state index is 0.0856. The summed E-state index contributed by atoms with van der Waals surface area (Å²) in [4.78, 5) is 12.9. The average molecular weight is 271 g/mol. The summed E-state index contributed by atoms with van der Waals surface area (Å²) in [6.45, 7) is 2.39. The van der Waals surface area contributed by atoms with E-state index in [9.17, 15) is 0 Å². The molecular formula is C11H19ClN6. The first kappa shape index (κ1) is 13.2. The maximum atomic E-state index is 6.02. The van der Waals surface area contributed by atoms with Crippen LogP contribution in [0.15, 0.2) is 11.2 Å². The summed E-state index contributed by atoms with van der Waals surface area (Å²) < 4.78 is 1.88. The minimum Gasteiger partial charge on any atom is -0.370 e. The van der Waals surface area contributed by atoms with Gasteiger partial charge in [-0.05, 0) is 14.1 Å². The SMILES string of the molecule is CN(C)CCN1C(N)=NCC1c1ncc(Cl)n1C. The van der Waals surface area contributed by atoms with Crippen LogP contribution in [0.3, 0.4) is 0 Å². The van der Waals surface area contributed by atoms with Crippen molar-refractivity contribution in [3.63, 3.8) is 0 Å². The van der Waals surface area contributed by atoms with Crippen molar-refractivity contribution in [3.05, 3.63) is 17.2 Å². The van der Waals surface area contributed by atoms with E-state index in [1.807, 2.05) is 25.7 Å². The highest BCUT2D eigenvalue weighted by molar-refractivity contribution is 6.29. The Balaban J connectivity index is 2.15. The van der Waals surface area contributed by atoms with Gasteiger partial charge in [0.15, 0.2) is 5.96 Å². The summed E-state index contributed by atoms with van der Waals surface area (Å²) in [5.41, 5.74) is 5.94. The zero-order valence-corrected chi connectivity index (χ0v) is 11.7. The molecule has 2 N–H and O–H groups in total. The molecule has 6 nitrogen and oxygen atoms in total. The zero-order chi connectivity index (χ0) is 13.3. The van der Waals surface area contributed by atoms with Gasteiger partial charge >= 0.3 is 0 Å². The molecule has 1 aromatic rings. The van der Waals surface area contributed by atoms with E-state index in [0.717, 1.165) is 18.9 Å². The number of hydrogen-bond acceptors (Lipinski definition) is 5. The Hall–Kier alpha value is -1.27. The van der Waals surface area contributed by atoms with Gasteiger partial charge in [-0.2, -0.15) is 0 Å². The standard InChI is InChI=1S/C11H19ClN6/c1-16(2)4-5-18-8(6-15-11(18)13)10-14-7-9(12)17(10)3/h7-8H,4-6H2,1-3H3,(H2,13,15). The molecule has 0 aromatic carbocycles. The maximum Gasteiger partial charge on any atom is 0.192 e. The van der Waals surface area contributed by atoms with Crippen LogP contribution in [0.2, 0.25) is 5.15 Å². The molecule has 0 bridgehead atoms. The van der Waals surface area contributed by atoms with Gasteiger partial charge in [0.05, 0.1) is 12.7 Å². The van der Waals surface area contributed by atoms with Gasteiger partial charge in [0.25, 0.3) is 0 Å². The van der Waals surface area contributed by atoms with Crippen molar-refractivity contribution >= 4 is 17.6 Å². The van der Waals surface area contributed by atoms with Crippen LogP contribution >= 0.6 is 11.6 Å². The Morgan fingerprint density at radius 3 is 2.83 bits per heavy atom. The third kappa shape index (κ3) is 2.44. The lowest BCUT2D eigenvalue weighted by Crippen LogP contribution is -2.41. The van der Waals surface area contributed by atoms with E-state index in [1.165, 1.54) is 0 Å². The monoisotopic (exact) mass is 270 g/mol. The van der Waals surface area contributed by atoms with Crippen LogP contribution in [0.1, 0.15) is 11.9 Å². The Labute approximate surface area is 112 Å². The topological polar surface area (TPSA) is 62.7 Å². The molecule has 0 saturated heterocycles. The highest BCUT2D eigenvalue weighted by Crippen LogP contribution is 2.25. The lowest BCUT2D eigenvalue weighted by atomic mass is 10.2. The van der Waals surface area contributed by atoms with Crippen molar-refractivity contribution in [2.75, 3.05) is 33.7 Å². The van der Waals surface area contributed by atoms with Crippen LogP contribution in [-0.2, 0) is 7.05 Å². The number of nitrogens with zero attached hydrogens (tertiary/aromatic N) is 5. The molecule has 0 spiro atoms. The number of halogens is 1. The van der Waals surface area contributed by atoms with Crippen molar-refractivity contribution in [1.29, 1.82) is 0 Å².